The van der Waals surface area contributed by atoms with Crippen LogP contribution < -0.4 is 19.1 Å². The van der Waals surface area contributed by atoms with Gasteiger partial charge in [-0.25, -0.2) is 12.8 Å². The number of nitrogens with one attached hydrogen (secondary N) is 1. The molecule has 0 aliphatic heterocycles. The quantitative estimate of drug-likeness (QED) is 0.277. The second-order valence-electron chi connectivity index (χ2n) is 10.6. The smallest absolute Gasteiger partial charge is 0.264 e. The molecule has 0 radical (unpaired) electrons. The minimum atomic E-state index is -4.37. The summed E-state index contributed by atoms with van der Waals surface area (Å²) in [6, 6.07) is 15.0. The zero-order valence-corrected chi connectivity index (χ0v) is 26.5. The van der Waals surface area contributed by atoms with Crippen molar-refractivity contribution in [2.24, 2.45) is 0 Å². The summed E-state index contributed by atoms with van der Waals surface area (Å²) < 4.78 is 54.5. The van der Waals surface area contributed by atoms with E-state index in [4.69, 9.17) is 21.1 Å². The average molecular weight is 646 g/mol. The van der Waals surface area contributed by atoms with Crippen molar-refractivity contribution in [1.29, 1.82) is 0 Å². The molecule has 0 saturated heterocycles. The molecule has 0 aromatic heterocycles. The molecule has 0 spiro atoms. The van der Waals surface area contributed by atoms with Crippen molar-refractivity contribution in [3.63, 3.8) is 0 Å². The van der Waals surface area contributed by atoms with Crippen LogP contribution in [0.1, 0.15) is 44.6 Å². The highest BCUT2D eigenvalue weighted by Crippen LogP contribution is 2.33. The van der Waals surface area contributed by atoms with Crippen molar-refractivity contribution in [1.82, 2.24) is 10.2 Å². The molecule has 1 N–H and O–H groups in total. The third-order valence-corrected chi connectivity index (χ3v) is 9.78. The van der Waals surface area contributed by atoms with Crippen LogP contribution in [0.25, 0.3) is 0 Å². The van der Waals surface area contributed by atoms with Crippen LogP contribution in [0.4, 0.5) is 10.1 Å². The topological polar surface area (TPSA) is 105 Å². The van der Waals surface area contributed by atoms with Gasteiger partial charge in [-0.05, 0) is 62.2 Å². The van der Waals surface area contributed by atoms with Gasteiger partial charge < -0.3 is 19.7 Å². The fraction of sp³-hybridized carbons (Fsp3) is 0.375. The van der Waals surface area contributed by atoms with Crippen LogP contribution in [-0.4, -0.2) is 58.0 Å². The van der Waals surface area contributed by atoms with Gasteiger partial charge in [0.1, 0.15) is 18.4 Å². The molecular weight excluding hydrogens is 609 g/mol. The first-order valence-electron chi connectivity index (χ1n) is 14.4. The summed E-state index contributed by atoms with van der Waals surface area (Å²) in [6.45, 7) is 0.649. The van der Waals surface area contributed by atoms with Gasteiger partial charge in [0, 0.05) is 29.2 Å². The average Bonchev–Trinajstić information content (AvgIpc) is 3.03. The minimum absolute atomic E-state index is 0.0138. The van der Waals surface area contributed by atoms with Gasteiger partial charge in [-0.15, -0.1) is 0 Å². The molecule has 1 fully saturated rings. The lowest BCUT2D eigenvalue weighted by Gasteiger charge is -2.33. The maximum absolute atomic E-state index is 14.8. The third-order valence-electron chi connectivity index (χ3n) is 7.75. The number of hydrogen-bond acceptors (Lipinski definition) is 6. The zero-order chi connectivity index (χ0) is 31.9. The van der Waals surface area contributed by atoms with Gasteiger partial charge in [0.25, 0.3) is 10.0 Å². The maximum Gasteiger partial charge on any atom is 0.264 e. The van der Waals surface area contributed by atoms with E-state index < -0.39 is 34.3 Å². The Morgan fingerprint density at radius 1 is 0.977 bits per heavy atom. The van der Waals surface area contributed by atoms with Crippen LogP contribution in [-0.2, 0) is 26.2 Å². The molecule has 2 amide bonds. The second-order valence-corrected chi connectivity index (χ2v) is 12.9. The van der Waals surface area contributed by atoms with Crippen LogP contribution in [0.3, 0.4) is 0 Å². The van der Waals surface area contributed by atoms with Crippen molar-refractivity contribution in [2.75, 3.05) is 25.1 Å². The molecule has 4 rings (SSSR count). The van der Waals surface area contributed by atoms with Crippen molar-refractivity contribution in [3.8, 4) is 11.5 Å². The molecule has 12 heteroatoms. The number of sulfonamides is 1. The van der Waals surface area contributed by atoms with Gasteiger partial charge in [0.15, 0.2) is 11.5 Å². The monoisotopic (exact) mass is 645 g/mol. The summed E-state index contributed by atoms with van der Waals surface area (Å²) in [7, 11) is -1.56. The Morgan fingerprint density at radius 2 is 1.64 bits per heavy atom. The SMILES string of the molecule is COc1ccc(S(=O)(=O)N(CC(=O)N(Cc2ccccc2F)C(C)C(=O)NC2CCCCC2)c2ccc(Cl)cc2)cc1OC. The van der Waals surface area contributed by atoms with Crippen LogP contribution >= 0.6 is 11.6 Å². The van der Waals surface area contributed by atoms with Crippen LogP contribution in [0.2, 0.25) is 5.02 Å². The van der Waals surface area contributed by atoms with E-state index in [0.29, 0.717) is 10.8 Å². The normalized spacial score (nSPS) is 14.4. The molecule has 3 aromatic rings. The van der Waals surface area contributed by atoms with Crippen molar-refractivity contribution >= 4 is 39.1 Å². The highest BCUT2D eigenvalue weighted by atomic mass is 35.5. The predicted molar refractivity (Wildman–Crippen MR) is 167 cm³/mol. The van der Waals surface area contributed by atoms with Crippen molar-refractivity contribution < 1.29 is 31.9 Å². The lowest BCUT2D eigenvalue weighted by atomic mass is 9.95. The fourth-order valence-electron chi connectivity index (χ4n) is 5.20. The van der Waals surface area contributed by atoms with E-state index in [9.17, 15) is 22.4 Å². The largest absolute Gasteiger partial charge is 0.493 e. The summed E-state index contributed by atoms with van der Waals surface area (Å²) in [4.78, 5) is 28.6. The third kappa shape index (κ3) is 7.81. The van der Waals surface area contributed by atoms with E-state index in [1.54, 1.807) is 13.0 Å². The number of rotatable bonds is 12. The molecule has 1 aliphatic rings. The van der Waals surface area contributed by atoms with Crippen molar-refractivity contribution in [3.05, 3.63) is 83.1 Å². The van der Waals surface area contributed by atoms with E-state index in [1.165, 1.54) is 79.8 Å². The van der Waals surface area contributed by atoms with E-state index in [1.807, 2.05) is 0 Å². The number of halogens is 2. The number of methoxy groups -OCH3 is 2. The summed E-state index contributed by atoms with van der Waals surface area (Å²) >= 11 is 6.08. The second kappa shape index (κ2) is 14.8. The summed E-state index contributed by atoms with van der Waals surface area (Å²) in [6.07, 6.45) is 4.79. The lowest BCUT2D eigenvalue weighted by Crippen LogP contribution is -2.53. The summed E-state index contributed by atoms with van der Waals surface area (Å²) in [5.74, 6) is -1.11. The Bertz CT molecular complexity index is 1560. The molecule has 3 aromatic carbocycles. The van der Waals surface area contributed by atoms with E-state index in [-0.39, 0.29) is 40.4 Å². The molecule has 236 valence electrons. The Kier molecular flexibility index (Phi) is 11.1. The predicted octanol–water partition coefficient (Wildman–Crippen LogP) is 5.56. The number of hydrogen-bond donors (Lipinski definition) is 1. The highest BCUT2D eigenvalue weighted by molar-refractivity contribution is 7.92. The zero-order valence-electron chi connectivity index (χ0n) is 25.0. The van der Waals surface area contributed by atoms with Crippen molar-refractivity contribution in [2.45, 2.75) is 62.6 Å². The first-order valence-corrected chi connectivity index (χ1v) is 16.2. The summed E-state index contributed by atoms with van der Waals surface area (Å²) in [5.41, 5.74) is 0.363. The van der Waals surface area contributed by atoms with Gasteiger partial charge in [-0.2, -0.15) is 0 Å². The molecule has 1 atom stereocenters. The molecule has 0 heterocycles. The number of nitrogens with zero attached hydrogens (tertiary/aromatic N) is 2. The van der Waals surface area contributed by atoms with Crippen LogP contribution in [0.15, 0.2) is 71.6 Å². The number of benzene rings is 3. The van der Waals surface area contributed by atoms with Gasteiger partial charge >= 0.3 is 0 Å². The highest BCUT2D eigenvalue weighted by Gasteiger charge is 2.34. The minimum Gasteiger partial charge on any atom is -0.493 e. The van der Waals surface area contributed by atoms with E-state index in [2.05, 4.69) is 5.32 Å². The van der Waals surface area contributed by atoms with Gasteiger partial charge in [0.2, 0.25) is 11.8 Å². The Morgan fingerprint density at radius 3 is 2.27 bits per heavy atom. The maximum atomic E-state index is 14.8. The van der Waals surface area contributed by atoms with E-state index >= 15 is 0 Å². The summed E-state index contributed by atoms with van der Waals surface area (Å²) in [5, 5.41) is 3.40. The number of ether oxygens (including phenoxy) is 2. The number of carbonyl (C=O) groups is 2. The fourth-order valence-corrected chi connectivity index (χ4v) is 6.76. The first kappa shape index (κ1) is 33.1. The molecule has 9 nitrogen and oxygen atoms in total. The van der Waals surface area contributed by atoms with Gasteiger partial charge in [-0.3, -0.25) is 13.9 Å². The molecule has 0 bridgehead atoms. The first-order chi connectivity index (χ1) is 21.0. The Labute approximate surface area is 262 Å². The molecule has 1 saturated carbocycles. The standard InChI is InChI=1S/C32H37ClFN3O6S/c1-22(32(39)35-25-10-5-4-6-11-25)36(20-23-9-7-8-12-28(23)34)31(38)21-37(26-15-13-24(33)14-16-26)44(40,41)27-17-18-29(42-2)30(19-27)43-3/h7-9,12-19,22,25H,4-6,10-11,20-21H2,1-3H3,(H,35,39). The van der Waals surface area contributed by atoms with Gasteiger partial charge in [0.05, 0.1) is 24.8 Å². The van der Waals surface area contributed by atoms with Crippen LogP contribution in [0.5, 0.6) is 11.5 Å². The van der Waals surface area contributed by atoms with Gasteiger partial charge in [-0.1, -0.05) is 49.1 Å². The molecule has 1 unspecified atom stereocenters. The molecule has 1 aliphatic carbocycles. The Hall–Kier alpha value is -3.83. The number of anilines is 1. The van der Waals surface area contributed by atoms with E-state index in [0.717, 1.165) is 36.4 Å². The van der Waals surface area contributed by atoms with Crippen LogP contribution in [0, 0.1) is 5.82 Å². The molecule has 44 heavy (non-hydrogen) atoms. The lowest BCUT2D eigenvalue weighted by molar-refractivity contribution is -0.139. The Balaban J connectivity index is 1.71. The molecular formula is C32H37ClFN3O6S. The number of carbonyl (C=O) groups excluding carboxylic acids is 2. The number of amides is 2.